The summed E-state index contributed by atoms with van der Waals surface area (Å²) in [5.74, 6) is -0.267. The molecule has 1 fully saturated rings. The summed E-state index contributed by atoms with van der Waals surface area (Å²) in [6.07, 6.45) is 4.80. The van der Waals surface area contributed by atoms with Crippen molar-refractivity contribution < 1.29 is 14.4 Å². The fraction of sp³-hybridized carbons (Fsp3) is 0.812. The van der Waals surface area contributed by atoms with Crippen LogP contribution in [0.25, 0.3) is 0 Å². The number of nitrogens with zero attached hydrogens (tertiary/aromatic N) is 1. The molecule has 0 aliphatic carbocycles. The van der Waals surface area contributed by atoms with Gasteiger partial charge >= 0.3 is 6.03 Å². The molecule has 0 bridgehead atoms. The maximum absolute atomic E-state index is 12.4. The van der Waals surface area contributed by atoms with Crippen molar-refractivity contribution in [2.75, 3.05) is 13.1 Å². The lowest BCUT2D eigenvalue weighted by Gasteiger charge is -2.21. The Balaban J connectivity index is 2.54. The Labute approximate surface area is 133 Å². The summed E-state index contributed by atoms with van der Waals surface area (Å²) in [5.41, 5.74) is -0.872. The van der Waals surface area contributed by atoms with Gasteiger partial charge in [0.2, 0.25) is 5.91 Å². The number of rotatable bonds is 9. The molecule has 1 saturated heterocycles. The summed E-state index contributed by atoms with van der Waals surface area (Å²) in [5, 5.41) is 5.46. The highest BCUT2D eigenvalue weighted by molar-refractivity contribution is 6.08. The Hall–Kier alpha value is -1.59. The fourth-order valence-corrected chi connectivity index (χ4v) is 2.48. The topological polar surface area (TPSA) is 78.5 Å². The van der Waals surface area contributed by atoms with E-state index < -0.39 is 11.6 Å². The predicted octanol–water partition coefficient (Wildman–Crippen LogP) is 2.04. The Kier molecular flexibility index (Phi) is 6.84. The molecular weight excluding hydrogens is 282 g/mol. The second-order valence-electron chi connectivity index (χ2n) is 6.66. The van der Waals surface area contributed by atoms with Gasteiger partial charge in [0, 0.05) is 6.54 Å². The first-order valence-corrected chi connectivity index (χ1v) is 8.21. The van der Waals surface area contributed by atoms with Crippen LogP contribution < -0.4 is 10.6 Å². The lowest BCUT2D eigenvalue weighted by atomic mass is 9.94. The first kappa shape index (κ1) is 18.5. The minimum absolute atomic E-state index is 0.206. The van der Waals surface area contributed by atoms with Crippen LogP contribution in [0.2, 0.25) is 0 Å². The first-order chi connectivity index (χ1) is 10.3. The normalized spacial score (nSPS) is 21.4. The SMILES string of the molecule is CCCCCCC1(C)NC(=O)N(CC(=O)NCC(C)C)C1=O. The van der Waals surface area contributed by atoms with E-state index in [1.807, 2.05) is 13.8 Å². The molecule has 22 heavy (non-hydrogen) atoms. The van der Waals surface area contributed by atoms with Gasteiger partial charge in [0.1, 0.15) is 12.1 Å². The lowest BCUT2D eigenvalue weighted by Crippen LogP contribution is -2.45. The number of hydrogen-bond donors (Lipinski definition) is 2. The predicted molar refractivity (Wildman–Crippen MR) is 85.3 cm³/mol. The average molecular weight is 311 g/mol. The zero-order valence-electron chi connectivity index (χ0n) is 14.2. The quantitative estimate of drug-likeness (QED) is 0.505. The van der Waals surface area contributed by atoms with Crippen LogP contribution in [-0.4, -0.2) is 41.4 Å². The number of hydrogen-bond acceptors (Lipinski definition) is 3. The molecule has 1 aliphatic heterocycles. The van der Waals surface area contributed by atoms with Crippen molar-refractivity contribution in [1.29, 1.82) is 0 Å². The number of amides is 4. The smallest absolute Gasteiger partial charge is 0.325 e. The van der Waals surface area contributed by atoms with Crippen molar-refractivity contribution in [3.05, 3.63) is 0 Å². The molecule has 2 N–H and O–H groups in total. The zero-order valence-corrected chi connectivity index (χ0v) is 14.2. The monoisotopic (exact) mass is 311 g/mol. The first-order valence-electron chi connectivity index (χ1n) is 8.21. The van der Waals surface area contributed by atoms with Gasteiger partial charge in [0.25, 0.3) is 5.91 Å². The number of imide groups is 1. The van der Waals surface area contributed by atoms with Crippen LogP contribution in [0.4, 0.5) is 4.79 Å². The van der Waals surface area contributed by atoms with E-state index in [9.17, 15) is 14.4 Å². The summed E-state index contributed by atoms with van der Waals surface area (Å²) in [7, 11) is 0. The Morgan fingerprint density at radius 3 is 2.55 bits per heavy atom. The number of urea groups is 1. The van der Waals surface area contributed by atoms with E-state index in [1.54, 1.807) is 6.92 Å². The van der Waals surface area contributed by atoms with Crippen molar-refractivity contribution >= 4 is 17.8 Å². The molecule has 0 aromatic carbocycles. The standard InChI is InChI=1S/C16H29N3O3/c1-5-6-7-8-9-16(4)14(21)19(15(22)18-16)11-13(20)17-10-12(2)3/h12H,5-11H2,1-4H3,(H,17,20)(H,18,22). The molecular formula is C16H29N3O3. The van der Waals surface area contributed by atoms with Crippen LogP contribution >= 0.6 is 0 Å². The van der Waals surface area contributed by atoms with E-state index in [0.717, 1.165) is 30.6 Å². The van der Waals surface area contributed by atoms with Gasteiger partial charge in [0.15, 0.2) is 0 Å². The zero-order chi connectivity index (χ0) is 16.8. The molecule has 6 nitrogen and oxygen atoms in total. The van der Waals surface area contributed by atoms with Gasteiger partial charge in [-0.3, -0.25) is 14.5 Å². The van der Waals surface area contributed by atoms with Gasteiger partial charge in [-0.15, -0.1) is 0 Å². The summed E-state index contributed by atoms with van der Waals surface area (Å²) >= 11 is 0. The molecule has 0 saturated carbocycles. The molecule has 1 unspecified atom stereocenters. The van der Waals surface area contributed by atoms with Crippen LogP contribution in [0.1, 0.15) is 59.8 Å². The molecule has 1 atom stereocenters. The third-order valence-corrected chi connectivity index (χ3v) is 3.88. The highest BCUT2D eigenvalue weighted by Gasteiger charge is 2.47. The van der Waals surface area contributed by atoms with Gasteiger partial charge in [-0.05, 0) is 19.3 Å². The van der Waals surface area contributed by atoms with Gasteiger partial charge in [-0.2, -0.15) is 0 Å². The van der Waals surface area contributed by atoms with Crippen molar-refractivity contribution in [1.82, 2.24) is 15.5 Å². The molecule has 1 aliphatic rings. The van der Waals surface area contributed by atoms with Crippen LogP contribution in [0.15, 0.2) is 0 Å². The molecule has 4 amide bonds. The minimum Gasteiger partial charge on any atom is -0.354 e. The highest BCUT2D eigenvalue weighted by atomic mass is 16.2. The van der Waals surface area contributed by atoms with Crippen molar-refractivity contribution in [3.63, 3.8) is 0 Å². The van der Waals surface area contributed by atoms with Crippen molar-refractivity contribution in [2.24, 2.45) is 5.92 Å². The average Bonchev–Trinajstić information content (AvgIpc) is 2.65. The number of unbranched alkanes of at least 4 members (excludes halogenated alkanes) is 3. The number of carbonyl (C=O) groups excluding carboxylic acids is 3. The second kappa shape index (κ2) is 8.15. The molecule has 0 aromatic heterocycles. The Morgan fingerprint density at radius 2 is 1.95 bits per heavy atom. The largest absolute Gasteiger partial charge is 0.354 e. The fourth-order valence-electron chi connectivity index (χ4n) is 2.48. The molecule has 0 radical (unpaired) electrons. The maximum atomic E-state index is 12.4. The number of carbonyl (C=O) groups is 3. The van der Waals surface area contributed by atoms with E-state index in [-0.39, 0.29) is 18.4 Å². The number of nitrogens with one attached hydrogen (secondary N) is 2. The van der Waals surface area contributed by atoms with Crippen molar-refractivity contribution in [3.8, 4) is 0 Å². The highest BCUT2D eigenvalue weighted by Crippen LogP contribution is 2.23. The summed E-state index contributed by atoms with van der Waals surface area (Å²) in [6, 6.07) is -0.470. The summed E-state index contributed by atoms with van der Waals surface area (Å²) in [6.45, 7) is 8.17. The second-order valence-corrected chi connectivity index (χ2v) is 6.66. The van der Waals surface area contributed by atoms with Crippen molar-refractivity contribution in [2.45, 2.75) is 65.3 Å². The molecule has 6 heteroatoms. The minimum atomic E-state index is -0.872. The van der Waals surface area contributed by atoms with Crippen LogP contribution in [-0.2, 0) is 9.59 Å². The third-order valence-electron chi connectivity index (χ3n) is 3.88. The Bertz CT molecular complexity index is 423. The summed E-state index contributed by atoms with van der Waals surface area (Å²) in [4.78, 5) is 37.3. The van der Waals surface area contributed by atoms with Gasteiger partial charge in [-0.1, -0.05) is 46.5 Å². The van der Waals surface area contributed by atoms with Crippen LogP contribution in [0.5, 0.6) is 0 Å². The van der Waals surface area contributed by atoms with E-state index >= 15 is 0 Å². The molecule has 1 heterocycles. The van der Waals surface area contributed by atoms with Gasteiger partial charge in [0.05, 0.1) is 0 Å². The van der Waals surface area contributed by atoms with Crippen LogP contribution in [0.3, 0.4) is 0 Å². The lowest BCUT2D eigenvalue weighted by molar-refractivity contribution is -0.134. The third kappa shape index (κ3) is 5.00. The molecule has 1 rings (SSSR count). The summed E-state index contributed by atoms with van der Waals surface area (Å²) < 4.78 is 0. The van der Waals surface area contributed by atoms with Gasteiger partial charge in [-0.25, -0.2) is 4.79 Å². The maximum Gasteiger partial charge on any atom is 0.325 e. The molecule has 126 valence electrons. The van der Waals surface area contributed by atoms with Crippen LogP contribution in [0, 0.1) is 5.92 Å². The molecule has 0 spiro atoms. The molecule has 0 aromatic rings. The Morgan fingerprint density at radius 1 is 1.27 bits per heavy atom. The van der Waals surface area contributed by atoms with E-state index in [1.165, 1.54) is 0 Å². The van der Waals surface area contributed by atoms with E-state index in [0.29, 0.717) is 18.9 Å². The van der Waals surface area contributed by atoms with E-state index in [4.69, 9.17) is 0 Å². The van der Waals surface area contributed by atoms with Gasteiger partial charge < -0.3 is 10.6 Å². The van der Waals surface area contributed by atoms with E-state index in [2.05, 4.69) is 17.6 Å².